The number of benzene rings is 3. The van der Waals surface area contributed by atoms with Gasteiger partial charge in [0.25, 0.3) is 11.7 Å². The van der Waals surface area contributed by atoms with Crippen LogP contribution in [0.25, 0.3) is 5.76 Å². The van der Waals surface area contributed by atoms with Gasteiger partial charge in [-0.3, -0.25) is 9.59 Å². The van der Waals surface area contributed by atoms with Crippen LogP contribution in [0.2, 0.25) is 5.02 Å². The normalized spacial score (nSPS) is 16.5. The zero-order chi connectivity index (χ0) is 28.3. The molecule has 4 rings (SSSR count). The highest BCUT2D eigenvalue weighted by Crippen LogP contribution is 2.43. The highest BCUT2D eigenvalue weighted by molar-refractivity contribution is 6.46. The summed E-state index contributed by atoms with van der Waals surface area (Å²) in [6.45, 7) is 5.78. The van der Waals surface area contributed by atoms with Crippen LogP contribution in [0.15, 0.2) is 66.2 Å². The molecule has 0 saturated carbocycles. The molecule has 39 heavy (non-hydrogen) atoms. The second-order valence-electron chi connectivity index (χ2n) is 9.00. The highest BCUT2D eigenvalue weighted by Gasteiger charge is 2.46. The number of aliphatic hydroxyl groups is 1. The largest absolute Gasteiger partial charge is 0.507 e. The number of halogens is 2. The SMILES string of the molecule is CCN(CC)c1ccc(C2/C(=C(\O)c3cc(Cl)c(OC)cc3OC)C(=O)C(=O)N2Cc2ccc(F)cc2)cc1. The number of rotatable bonds is 9. The molecule has 9 heteroatoms. The van der Waals surface area contributed by atoms with E-state index in [0.717, 1.165) is 18.8 Å². The van der Waals surface area contributed by atoms with Crippen LogP contribution >= 0.6 is 11.6 Å². The summed E-state index contributed by atoms with van der Waals surface area (Å²) in [7, 11) is 2.86. The van der Waals surface area contributed by atoms with Crippen molar-refractivity contribution in [1.29, 1.82) is 0 Å². The number of amides is 1. The number of hydrogen-bond donors (Lipinski definition) is 1. The van der Waals surface area contributed by atoms with Crippen molar-refractivity contribution in [2.75, 3.05) is 32.2 Å². The van der Waals surface area contributed by atoms with Gasteiger partial charge in [-0.05, 0) is 55.3 Å². The molecule has 0 radical (unpaired) electrons. The summed E-state index contributed by atoms with van der Waals surface area (Å²) in [6, 6.07) is 15.3. The summed E-state index contributed by atoms with van der Waals surface area (Å²) in [4.78, 5) is 30.4. The van der Waals surface area contributed by atoms with Gasteiger partial charge in [0, 0.05) is 31.4 Å². The van der Waals surface area contributed by atoms with Crippen LogP contribution < -0.4 is 14.4 Å². The summed E-state index contributed by atoms with van der Waals surface area (Å²) in [6.07, 6.45) is 0. The Kier molecular flexibility index (Phi) is 8.45. The Labute approximate surface area is 232 Å². The van der Waals surface area contributed by atoms with Gasteiger partial charge in [-0.1, -0.05) is 35.9 Å². The lowest BCUT2D eigenvalue weighted by Gasteiger charge is -2.27. The molecule has 1 aliphatic heterocycles. The molecule has 3 aromatic carbocycles. The first kappa shape index (κ1) is 28.0. The molecule has 0 bridgehead atoms. The van der Waals surface area contributed by atoms with Gasteiger partial charge in [-0.25, -0.2) is 4.39 Å². The average molecular weight is 553 g/mol. The Bertz CT molecular complexity index is 1400. The molecule has 1 N–H and O–H groups in total. The molecule has 0 aliphatic carbocycles. The quantitative estimate of drug-likeness (QED) is 0.200. The summed E-state index contributed by atoms with van der Waals surface area (Å²) in [5, 5.41) is 11.7. The highest BCUT2D eigenvalue weighted by atomic mass is 35.5. The van der Waals surface area contributed by atoms with E-state index in [1.165, 1.54) is 43.4 Å². The first-order valence-corrected chi connectivity index (χ1v) is 12.9. The van der Waals surface area contributed by atoms with E-state index < -0.39 is 29.3 Å². The number of aliphatic hydroxyl groups excluding tert-OH is 1. The summed E-state index contributed by atoms with van der Waals surface area (Å²) in [5.74, 6) is -1.92. The second kappa shape index (κ2) is 11.8. The monoisotopic (exact) mass is 552 g/mol. The molecule has 0 aromatic heterocycles. The van der Waals surface area contributed by atoms with Crippen molar-refractivity contribution in [3.05, 3.63) is 93.8 Å². The van der Waals surface area contributed by atoms with E-state index in [4.69, 9.17) is 21.1 Å². The van der Waals surface area contributed by atoms with Gasteiger partial charge in [-0.2, -0.15) is 0 Å². The zero-order valence-electron chi connectivity index (χ0n) is 22.2. The minimum absolute atomic E-state index is 0.0323. The van der Waals surface area contributed by atoms with E-state index >= 15 is 0 Å². The van der Waals surface area contributed by atoms with Gasteiger partial charge >= 0.3 is 0 Å². The van der Waals surface area contributed by atoms with Gasteiger partial charge < -0.3 is 24.4 Å². The topological polar surface area (TPSA) is 79.3 Å². The van der Waals surface area contributed by atoms with Crippen molar-refractivity contribution in [1.82, 2.24) is 4.90 Å². The Morgan fingerprint density at radius 3 is 2.15 bits per heavy atom. The lowest BCUT2D eigenvalue weighted by molar-refractivity contribution is -0.140. The minimum atomic E-state index is -0.911. The van der Waals surface area contributed by atoms with E-state index in [-0.39, 0.29) is 28.5 Å². The molecule has 1 saturated heterocycles. The Hall–Kier alpha value is -4.04. The van der Waals surface area contributed by atoms with E-state index in [9.17, 15) is 19.1 Å². The first-order valence-electron chi connectivity index (χ1n) is 12.5. The fraction of sp³-hybridized carbons (Fsp3) is 0.267. The van der Waals surface area contributed by atoms with Crippen molar-refractivity contribution >= 4 is 34.7 Å². The van der Waals surface area contributed by atoms with E-state index in [1.807, 2.05) is 24.3 Å². The maximum Gasteiger partial charge on any atom is 0.295 e. The summed E-state index contributed by atoms with van der Waals surface area (Å²) >= 11 is 6.34. The fourth-order valence-corrected chi connectivity index (χ4v) is 5.06. The molecule has 1 amide bonds. The minimum Gasteiger partial charge on any atom is -0.507 e. The molecular formula is C30H30ClFN2O5. The summed E-state index contributed by atoms with van der Waals surface area (Å²) in [5.41, 5.74) is 2.30. The van der Waals surface area contributed by atoms with Crippen molar-refractivity contribution in [2.45, 2.75) is 26.4 Å². The lowest BCUT2D eigenvalue weighted by atomic mass is 9.94. The predicted molar refractivity (Wildman–Crippen MR) is 149 cm³/mol. The molecule has 1 fully saturated rings. The number of nitrogens with zero attached hydrogens (tertiary/aromatic N) is 2. The Morgan fingerprint density at radius 1 is 0.974 bits per heavy atom. The van der Waals surface area contributed by atoms with Gasteiger partial charge in [-0.15, -0.1) is 0 Å². The van der Waals surface area contributed by atoms with Crippen molar-refractivity contribution < 1.29 is 28.6 Å². The zero-order valence-corrected chi connectivity index (χ0v) is 23.0. The number of anilines is 1. The van der Waals surface area contributed by atoms with Crippen molar-refractivity contribution in [3.63, 3.8) is 0 Å². The van der Waals surface area contributed by atoms with Crippen molar-refractivity contribution in [3.8, 4) is 11.5 Å². The van der Waals surface area contributed by atoms with E-state index in [1.54, 1.807) is 12.1 Å². The smallest absolute Gasteiger partial charge is 0.295 e. The number of ether oxygens (including phenoxy) is 2. The second-order valence-corrected chi connectivity index (χ2v) is 9.41. The number of carbonyl (C=O) groups is 2. The third-order valence-corrected chi connectivity index (χ3v) is 7.17. The number of hydrogen-bond acceptors (Lipinski definition) is 6. The number of likely N-dealkylation sites (tertiary alicyclic amines) is 1. The molecule has 1 heterocycles. The molecule has 3 aromatic rings. The third-order valence-electron chi connectivity index (χ3n) is 6.87. The van der Waals surface area contributed by atoms with Gasteiger partial charge in [0.2, 0.25) is 0 Å². The Balaban J connectivity index is 1.89. The van der Waals surface area contributed by atoms with Gasteiger partial charge in [0.1, 0.15) is 23.1 Å². The first-order chi connectivity index (χ1) is 18.7. The van der Waals surface area contributed by atoms with Crippen LogP contribution in [-0.2, 0) is 16.1 Å². The number of carbonyl (C=O) groups excluding carboxylic acids is 2. The van der Waals surface area contributed by atoms with Gasteiger partial charge in [0.05, 0.1) is 36.4 Å². The maximum atomic E-state index is 13.5. The van der Waals surface area contributed by atoms with Crippen LogP contribution in [0, 0.1) is 5.82 Å². The standard InChI is InChI=1S/C30H30ClFN2O5/c1-5-33(6-2)21-13-9-19(10-14-21)27-26(28(35)22-15-23(31)25(39-4)16-24(22)38-3)29(36)30(37)34(27)17-18-7-11-20(32)12-8-18/h7-16,27,35H,5-6,17H2,1-4H3/b28-26+. The van der Waals surface area contributed by atoms with E-state index in [2.05, 4.69) is 18.7 Å². The molecule has 0 spiro atoms. The molecular weight excluding hydrogens is 523 g/mol. The molecule has 204 valence electrons. The number of methoxy groups -OCH3 is 2. The summed E-state index contributed by atoms with van der Waals surface area (Å²) < 4.78 is 24.2. The van der Waals surface area contributed by atoms with Crippen LogP contribution in [-0.4, -0.2) is 49.0 Å². The van der Waals surface area contributed by atoms with Crippen LogP contribution in [0.3, 0.4) is 0 Å². The van der Waals surface area contributed by atoms with Crippen LogP contribution in [0.1, 0.15) is 36.6 Å². The van der Waals surface area contributed by atoms with Crippen molar-refractivity contribution in [2.24, 2.45) is 0 Å². The molecule has 1 aliphatic rings. The molecule has 1 atom stereocenters. The third kappa shape index (κ3) is 5.43. The lowest BCUT2D eigenvalue weighted by Crippen LogP contribution is -2.29. The predicted octanol–water partition coefficient (Wildman–Crippen LogP) is 5.96. The average Bonchev–Trinajstić information content (AvgIpc) is 3.19. The maximum absolute atomic E-state index is 13.5. The fourth-order valence-electron chi connectivity index (χ4n) is 4.82. The Morgan fingerprint density at radius 2 is 1.59 bits per heavy atom. The number of Topliss-reactive ketones (excluding diaryl/α,β-unsaturated/α-hetero) is 1. The van der Waals surface area contributed by atoms with Gasteiger partial charge in [0.15, 0.2) is 0 Å². The number of ketones is 1. The molecule has 1 unspecified atom stereocenters. The van der Waals surface area contributed by atoms with Crippen LogP contribution in [0.4, 0.5) is 10.1 Å². The van der Waals surface area contributed by atoms with E-state index in [0.29, 0.717) is 16.9 Å². The molecule has 7 nitrogen and oxygen atoms in total. The van der Waals surface area contributed by atoms with Crippen LogP contribution in [0.5, 0.6) is 11.5 Å².